The van der Waals surface area contributed by atoms with Crippen molar-refractivity contribution in [3.8, 4) is 18.1 Å². The Kier molecular flexibility index (Phi) is 9.56. The number of nitrogens with zero attached hydrogens (tertiary/aromatic N) is 5. The summed E-state index contributed by atoms with van der Waals surface area (Å²) in [4.78, 5) is 15.7. The molecule has 250 valence electrons. The van der Waals surface area contributed by atoms with E-state index in [1.807, 2.05) is 0 Å². The number of fused-ring (bicyclic) bond motifs is 2. The fraction of sp³-hybridized carbons (Fsp3) is 0.361. The largest absolute Gasteiger partial charge is 0.468 e. The van der Waals surface area contributed by atoms with E-state index in [0.717, 1.165) is 5.56 Å². The van der Waals surface area contributed by atoms with E-state index in [1.165, 1.54) is 35.4 Å². The molecule has 1 aliphatic heterocycles. The smallest absolute Gasteiger partial charge is 0.288 e. The fourth-order valence-corrected chi connectivity index (χ4v) is 6.57. The molecular weight excluding hydrogens is 639 g/mol. The monoisotopic (exact) mass is 675 g/mol. The van der Waals surface area contributed by atoms with Crippen LogP contribution in [-0.2, 0) is 27.2 Å². The van der Waals surface area contributed by atoms with Gasteiger partial charge in [0.15, 0.2) is 12.4 Å². The molecule has 1 fully saturated rings. The average molecular weight is 676 g/mol. The van der Waals surface area contributed by atoms with Gasteiger partial charge in [-0.25, -0.2) is 23.1 Å². The van der Waals surface area contributed by atoms with Gasteiger partial charge in [0.05, 0.1) is 31.6 Å². The summed E-state index contributed by atoms with van der Waals surface area (Å²) in [5.41, 5.74) is 4.08. The number of halogens is 3. The maximum absolute atomic E-state index is 14.9. The molecule has 0 saturated carbocycles. The number of benzene rings is 3. The molecular formula is C36H36F3N5O3S. The maximum Gasteiger partial charge on any atom is 0.288 e. The Labute approximate surface area is 281 Å². The highest BCUT2D eigenvalue weighted by Crippen LogP contribution is 2.34. The predicted molar refractivity (Wildman–Crippen MR) is 181 cm³/mol. The van der Waals surface area contributed by atoms with Crippen LogP contribution in [0.4, 0.5) is 19.1 Å². The zero-order valence-corrected chi connectivity index (χ0v) is 28.0. The third kappa shape index (κ3) is 7.23. The molecule has 1 aliphatic rings. The van der Waals surface area contributed by atoms with Gasteiger partial charge in [-0.3, -0.25) is 0 Å². The van der Waals surface area contributed by atoms with Crippen LogP contribution in [0.5, 0.6) is 5.75 Å². The van der Waals surface area contributed by atoms with E-state index in [9.17, 15) is 13.2 Å². The van der Waals surface area contributed by atoms with E-state index >= 15 is 0 Å². The lowest BCUT2D eigenvalue weighted by Gasteiger charge is -2.23. The van der Waals surface area contributed by atoms with Crippen LogP contribution in [0.1, 0.15) is 43.0 Å². The molecule has 12 heteroatoms. The third-order valence-electron chi connectivity index (χ3n) is 8.09. The summed E-state index contributed by atoms with van der Waals surface area (Å²) in [5, 5.41) is 1.80. The number of alkyl halides is 2. The highest BCUT2D eigenvalue weighted by Gasteiger charge is 2.36. The first kappa shape index (κ1) is 33.6. The Morgan fingerprint density at radius 2 is 1.90 bits per heavy atom. The van der Waals surface area contributed by atoms with Gasteiger partial charge in [-0.1, -0.05) is 68.8 Å². The summed E-state index contributed by atoms with van der Waals surface area (Å²) in [6, 6.07) is 14.9. The summed E-state index contributed by atoms with van der Waals surface area (Å²) in [6.07, 6.45) is 7.39. The van der Waals surface area contributed by atoms with Crippen LogP contribution in [0.2, 0.25) is 0 Å². The molecule has 5 aromatic rings. The molecule has 0 spiro atoms. The summed E-state index contributed by atoms with van der Waals surface area (Å²) < 4.78 is 62.1. The van der Waals surface area contributed by atoms with Gasteiger partial charge in [-0.2, -0.15) is 4.98 Å². The molecule has 0 amide bonds. The van der Waals surface area contributed by atoms with E-state index in [1.54, 1.807) is 29.1 Å². The molecule has 0 atom stereocenters. The van der Waals surface area contributed by atoms with E-state index in [-0.39, 0.29) is 43.4 Å². The van der Waals surface area contributed by atoms with Crippen molar-refractivity contribution in [3.63, 3.8) is 0 Å². The summed E-state index contributed by atoms with van der Waals surface area (Å²) >= 11 is 1.46. The number of thioether (sulfide) groups is 1. The molecule has 0 radical (unpaired) electrons. The first-order chi connectivity index (χ1) is 23.0. The first-order valence-corrected chi connectivity index (χ1v) is 16.4. The van der Waals surface area contributed by atoms with Gasteiger partial charge in [-0.05, 0) is 45.7 Å². The topological polar surface area (TPSA) is 74.5 Å². The van der Waals surface area contributed by atoms with Crippen molar-refractivity contribution >= 4 is 39.6 Å². The van der Waals surface area contributed by atoms with Crippen LogP contribution in [-0.4, -0.2) is 65.6 Å². The zero-order valence-electron chi connectivity index (χ0n) is 27.2. The predicted octanol–water partition coefficient (Wildman–Crippen LogP) is 7.19. The number of hydrogen-bond donors (Lipinski definition) is 0. The second kappa shape index (κ2) is 13.7. The van der Waals surface area contributed by atoms with Gasteiger partial charge < -0.3 is 23.7 Å². The Bertz CT molecular complexity index is 1990. The van der Waals surface area contributed by atoms with Crippen molar-refractivity contribution in [2.75, 3.05) is 45.1 Å². The molecule has 6 rings (SSSR count). The van der Waals surface area contributed by atoms with Crippen LogP contribution in [0.15, 0.2) is 59.9 Å². The summed E-state index contributed by atoms with van der Waals surface area (Å²) in [6.45, 7) is 5.75. The number of anilines is 1. The maximum atomic E-state index is 14.9. The van der Waals surface area contributed by atoms with Crippen LogP contribution in [0.3, 0.4) is 0 Å². The second-order valence-electron chi connectivity index (χ2n) is 12.7. The molecule has 0 bridgehead atoms. The number of ether oxygens (including phenoxy) is 3. The average Bonchev–Trinajstić information content (AvgIpc) is 3.36. The number of aromatic nitrogens is 4. The molecule has 48 heavy (non-hydrogen) atoms. The number of hydrogen-bond acceptors (Lipinski definition) is 8. The van der Waals surface area contributed by atoms with Gasteiger partial charge in [0.1, 0.15) is 28.7 Å². The molecule has 8 nitrogen and oxygen atoms in total. The van der Waals surface area contributed by atoms with Crippen molar-refractivity contribution in [2.24, 2.45) is 0 Å². The Balaban J connectivity index is 1.43. The first-order valence-electron chi connectivity index (χ1n) is 15.4. The lowest BCUT2D eigenvalue weighted by Crippen LogP contribution is -2.38. The third-order valence-corrected chi connectivity index (χ3v) is 9.13. The number of rotatable bonds is 9. The fourth-order valence-electron chi connectivity index (χ4n) is 5.65. The van der Waals surface area contributed by atoms with Crippen molar-refractivity contribution in [1.82, 2.24) is 19.5 Å². The Morgan fingerprint density at radius 1 is 1.10 bits per heavy atom. The molecule has 2 aromatic heterocycles. The molecule has 1 saturated heterocycles. The van der Waals surface area contributed by atoms with Gasteiger partial charge >= 0.3 is 0 Å². The SMILES string of the molecule is C#Cc1c(F)ccc2cc(OCOC)cc(Cn3cnc4c(SCc5ccc(C(C)(C)C)cc5)nc(N5CCOCC(F)(F)C5)nc43)c12. The molecule has 0 unspecified atom stereocenters. The minimum atomic E-state index is -3.07. The lowest BCUT2D eigenvalue weighted by atomic mass is 9.87. The van der Waals surface area contributed by atoms with Crippen LogP contribution < -0.4 is 9.64 Å². The van der Waals surface area contributed by atoms with Crippen LogP contribution in [0, 0.1) is 18.2 Å². The normalized spacial score (nSPS) is 15.1. The molecule has 0 aliphatic carbocycles. The van der Waals surface area contributed by atoms with Crippen molar-refractivity contribution < 1.29 is 27.4 Å². The van der Waals surface area contributed by atoms with Gasteiger partial charge in [-0.15, -0.1) is 6.42 Å². The van der Waals surface area contributed by atoms with Crippen molar-refractivity contribution in [3.05, 3.63) is 82.9 Å². The number of imidazole rings is 1. The van der Waals surface area contributed by atoms with Gasteiger partial charge in [0.2, 0.25) is 5.95 Å². The Morgan fingerprint density at radius 3 is 2.62 bits per heavy atom. The standard InChI is InChI=1S/C36H36F3N5O3S/c1-6-28-29(37)12-9-24-15-27(47-22-45-5)16-25(30(24)28)17-44-21-40-31-32(44)41-34(43-13-14-46-20-36(38,39)19-43)42-33(31)48-18-23-7-10-26(11-8-23)35(2,3)4/h1,7-12,15-16,21H,13-14,17-20,22H2,2-5H3. The van der Waals surface area contributed by atoms with E-state index in [0.29, 0.717) is 44.0 Å². The summed E-state index contributed by atoms with van der Waals surface area (Å²) in [7, 11) is 1.52. The molecule has 3 heterocycles. The highest BCUT2D eigenvalue weighted by atomic mass is 32.2. The Hall–Kier alpha value is -4.31. The summed E-state index contributed by atoms with van der Waals surface area (Å²) in [5.74, 6) is 0.138. The zero-order chi connectivity index (χ0) is 34.1. The van der Waals surface area contributed by atoms with Crippen LogP contribution >= 0.6 is 11.8 Å². The van der Waals surface area contributed by atoms with Crippen molar-refractivity contribution in [2.45, 2.75) is 49.4 Å². The van der Waals surface area contributed by atoms with Gasteiger partial charge in [0, 0.05) is 24.8 Å². The van der Waals surface area contributed by atoms with Gasteiger partial charge in [0.25, 0.3) is 5.92 Å². The van der Waals surface area contributed by atoms with Crippen LogP contribution in [0.25, 0.3) is 21.9 Å². The minimum absolute atomic E-state index is 0.0163. The number of methoxy groups -OCH3 is 1. The van der Waals surface area contributed by atoms with E-state index in [2.05, 4.69) is 55.9 Å². The number of terminal acetylenes is 1. The highest BCUT2D eigenvalue weighted by molar-refractivity contribution is 7.98. The van der Waals surface area contributed by atoms with Crippen molar-refractivity contribution in [1.29, 1.82) is 0 Å². The lowest BCUT2D eigenvalue weighted by molar-refractivity contribution is -0.0564. The van der Waals surface area contributed by atoms with E-state index < -0.39 is 24.9 Å². The molecule has 0 N–H and O–H groups in total. The quantitative estimate of drug-likeness (QED) is 0.0704. The molecule has 3 aromatic carbocycles. The minimum Gasteiger partial charge on any atom is -0.468 e. The second-order valence-corrected chi connectivity index (χ2v) is 13.7. The van der Waals surface area contributed by atoms with E-state index in [4.69, 9.17) is 30.6 Å².